The molecule has 2 nitrogen and oxygen atoms in total. The van der Waals surface area contributed by atoms with E-state index in [1.165, 1.54) is 38.5 Å². The molecule has 2 heteroatoms. The fraction of sp³-hybridized carbons (Fsp3) is 0.857. The van der Waals surface area contributed by atoms with E-state index in [1.54, 1.807) is 0 Å². The summed E-state index contributed by atoms with van der Waals surface area (Å²) < 4.78 is 6.52. The summed E-state index contributed by atoms with van der Waals surface area (Å²) in [6, 6.07) is 0. The molecule has 0 saturated heterocycles. The van der Waals surface area contributed by atoms with Crippen molar-refractivity contribution in [2.45, 2.75) is 70.3 Å². The van der Waals surface area contributed by atoms with Crippen LogP contribution in [-0.4, -0.2) is 11.6 Å². The highest BCUT2D eigenvalue weighted by Gasteiger charge is 2.59. The summed E-state index contributed by atoms with van der Waals surface area (Å²) >= 11 is 0. The molecule has 0 aromatic rings. The third kappa shape index (κ3) is 2.09. The van der Waals surface area contributed by atoms with Gasteiger partial charge in [-0.15, -0.1) is 0 Å². The van der Waals surface area contributed by atoms with Crippen LogP contribution in [0.25, 0.3) is 0 Å². The highest BCUT2D eigenvalue weighted by Crippen LogP contribution is 2.61. The van der Waals surface area contributed by atoms with Crippen molar-refractivity contribution >= 4 is 5.97 Å². The molecule has 5 saturated carbocycles. The summed E-state index contributed by atoms with van der Waals surface area (Å²) in [5.74, 6) is 4.65. The van der Waals surface area contributed by atoms with Crippen LogP contribution in [0.4, 0.5) is 0 Å². The molecule has 0 amide bonds. The van der Waals surface area contributed by atoms with Crippen molar-refractivity contribution in [2.24, 2.45) is 41.4 Å². The van der Waals surface area contributed by atoms with E-state index in [0.29, 0.717) is 23.7 Å². The van der Waals surface area contributed by atoms with Gasteiger partial charge in [-0.2, -0.15) is 0 Å². The quantitative estimate of drug-likeness (QED) is 0.553. The van der Waals surface area contributed by atoms with E-state index in [0.717, 1.165) is 31.1 Å². The van der Waals surface area contributed by atoms with Crippen LogP contribution in [-0.2, 0) is 9.53 Å². The van der Waals surface area contributed by atoms with Gasteiger partial charge in [-0.1, -0.05) is 25.5 Å². The van der Waals surface area contributed by atoms with Gasteiger partial charge < -0.3 is 4.74 Å². The second-order valence-corrected chi connectivity index (χ2v) is 9.32. The highest BCUT2D eigenvalue weighted by atomic mass is 16.6. The van der Waals surface area contributed by atoms with Crippen LogP contribution in [0.5, 0.6) is 0 Å². The first kappa shape index (κ1) is 14.5. The van der Waals surface area contributed by atoms with E-state index in [2.05, 4.69) is 19.1 Å². The van der Waals surface area contributed by atoms with Crippen LogP contribution in [0.3, 0.4) is 0 Å². The van der Waals surface area contributed by atoms with Gasteiger partial charge >= 0.3 is 5.97 Å². The molecule has 6 bridgehead atoms. The lowest BCUT2D eigenvalue weighted by Gasteiger charge is -2.60. The minimum Gasteiger partial charge on any atom is -0.458 e. The first-order valence-electron chi connectivity index (χ1n) is 10.1. The molecule has 6 aliphatic rings. The molecule has 3 atom stereocenters. The smallest absolute Gasteiger partial charge is 0.310 e. The number of esters is 1. The fourth-order valence-electron chi connectivity index (χ4n) is 7.31. The largest absolute Gasteiger partial charge is 0.458 e. The van der Waals surface area contributed by atoms with Crippen LogP contribution >= 0.6 is 0 Å². The maximum Gasteiger partial charge on any atom is 0.310 e. The molecule has 0 aliphatic heterocycles. The Morgan fingerprint density at radius 2 is 1.70 bits per heavy atom. The average molecular weight is 314 g/mol. The molecular weight excluding hydrogens is 284 g/mol. The van der Waals surface area contributed by atoms with Crippen LogP contribution in [0.1, 0.15) is 64.7 Å². The maximum absolute atomic E-state index is 13.1. The topological polar surface area (TPSA) is 26.3 Å². The van der Waals surface area contributed by atoms with E-state index >= 15 is 0 Å². The zero-order chi connectivity index (χ0) is 15.6. The van der Waals surface area contributed by atoms with E-state index in [-0.39, 0.29) is 17.5 Å². The maximum atomic E-state index is 13.1. The standard InChI is InChI=1S/C21H30O2/c1-2-5-21(17-8-14-6-15(10-17)11-18(21)9-14)23-20(22)19-12-13-3-4-16(19)7-13/h3-4,13-19H,2,5-12H2,1H3. The van der Waals surface area contributed by atoms with Crippen LogP contribution < -0.4 is 0 Å². The van der Waals surface area contributed by atoms with Crippen molar-refractivity contribution in [3.8, 4) is 0 Å². The first-order valence-corrected chi connectivity index (χ1v) is 10.1. The summed E-state index contributed by atoms with van der Waals surface area (Å²) in [6.07, 6.45) is 15.9. The lowest BCUT2D eigenvalue weighted by atomic mass is 9.49. The zero-order valence-corrected chi connectivity index (χ0v) is 14.4. The summed E-state index contributed by atoms with van der Waals surface area (Å²) in [6.45, 7) is 2.26. The molecule has 0 radical (unpaired) electrons. The van der Waals surface area contributed by atoms with Crippen LogP contribution in [0.15, 0.2) is 12.2 Å². The number of fused-ring (bicyclic) bond motifs is 2. The molecule has 0 spiro atoms. The Labute approximate surface area is 140 Å². The van der Waals surface area contributed by atoms with Gasteiger partial charge in [0, 0.05) is 0 Å². The van der Waals surface area contributed by atoms with Crippen molar-refractivity contribution in [3.05, 3.63) is 12.2 Å². The predicted octanol–water partition coefficient (Wildman–Crippen LogP) is 4.74. The van der Waals surface area contributed by atoms with Gasteiger partial charge in [0.25, 0.3) is 0 Å². The van der Waals surface area contributed by atoms with Gasteiger partial charge in [0.1, 0.15) is 5.60 Å². The first-order chi connectivity index (χ1) is 11.2. The Morgan fingerprint density at radius 1 is 1.00 bits per heavy atom. The lowest BCUT2D eigenvalue weighted by Crippen LogP contribution is -2.60. The molecule has 126 valence electrons. The molecule has 6 rings (SSSR count). The molecule has 0 N–H and O–H groups in total. The average Bonchev–Trinajstić information content (AvgIpc) is 3.15. The molecule has 0 aromatic carbocycles. The van der Waals surface area contributed by atoms with E-state index in [9.17, 15) is 4.79 Å². The van der Waals surface area contributed by atoms with Gasteiger partial charge in [0.15, 0.2) is 0 Å². The van der Waals surface area contributed by atoms with E-state index < -0.39 is 0 Å². The third-order valence-electron chi connectivity index (χ3n) is 8.03. The SMILES string of the molecule is CCCC1(OC(=O)C2CC3C=CC2C3)C2CC3CC(C2)CC1C3. The van der Waals surface area contributed by atoms with Gasteiger partial charge in [-0.05, 0) is 86.9 Å². The normalized spacial score (nSPS) is 52.3. The van der Waals surface area contributed by atoms with Gasteiger partial charge in [0.2, 0.25) is 0 Å². The Morgan fingerprint density at radius 3 is 2.22 bits per heavy atom. The van der Waals surface area contributed by atoms with Crippen molar-refractivity contribution in [3.63, 3.8) is 0 Å². The monoisotopic (exact) mass is 314 g/mol. The third-order valence-corrected chi connectivity index (χ3v) is 8.03. The lowest BCUT2D eigenvalue weighted by molar-refractivity contribution is -0.216. The highest BCUT2D eigenvalue weighted by molar-refractivity contribution is 5.74. The summed E-state index contributed by atoms with van der Waals surface area (Å²) in [4.78, 5) is 13.1. The van der Waals surface area contributed by atoms with Crippen molar-refractivity contribution < 1.29 is 9.53 Å². The number of rotatable bonds is 4. The van der Waals surface area contributed by atoms with Crippen molar-refractivity contribution in [1.29, 1.82) is 0 Å². The second-order valence-electron chi connectivity index (χ2n) is 9.32. The molecule has 5 fully saturated rings. The Kier molecular flexibility index (Phi) is 3.23. The van der Waals surface area contributed by atoms with Gasteiger partial charge in [-0.25, -0.2) is 0 Å². The van der Waals surface area contributed by atoms with Crippen LogP contribution in [0.2, 0.25) is 0 Å². The molecule has 3 unspecified atom stereocenters. The zero-order valence-electron chi connectivity index (χ0n) is 14.4. The molecule has 23 heavy (non-hydrogen) atoms. The number of ether oxygens (including phenoxy) is 1. The van der Waals surface area contributed by atoms with Crippen molar-refractivity contribution in [2.75, 3.05) is 0 Å². The number of hydrogen-bond acceptors (Lipinski definition) is 2. The Hall–Kier alpha value is -0.790. The molecule has 0 aromatic heterocycles. The van der Waals surface area contributed by atoms with Crippen molar-refractivity contribution in [1.82, 2.24) is 0 Å². The summed E-state index contributed by atoms with van der Waals surface area (Å²) in [5.41, 5.74) is -0.0925. The molecular formula is C21H30O2. The predicted molar refractivity (Wildman–Crippen MR) is 89.6 cm³/mol. The number of allylic oxidation sites excluding steroid dienone is 2. The second kappa shape index (κ2) is 5.10. The number of carbonyl (C=O) groups excluding carboxylic acids is 1. The van der Waals surface area contributed by atoms with Gasteiger partial charge in [-0.3, -0.25) is 4.79 Å². The Bertz CT molecular complexity index is 506. The fourth-order valence-corrected chi connectivity index (χ4v) is 7.31. The van der Waals surface area contributed by atoms with Crippen LogP contribution in [0, 0.1) is 41.4 Å². The van der Waals surface area contributed by atoms with E-state index in [4.69, 9.17) is 4.74 Å². The Balaban J connectivity index is 1.39. The van der Waals surface area contributed by atoms with Gasteiger partial charge in [0.05, 0.1) is 5.92 Å². The minimum atomic E-state index is -0.0925. The molecule has 0 heterocycles. The minimum absolute atomic E-state index is 0.0925. The molecule has 6 aliphatic carbocycles. The number of hydrogen-bond donors (Lipinski definition) is 0. The summed E-state index contributed by atoms with van der Waals surface area (Å²) in [7, 11) is 0. The number of carbonyl (C=O) groups is 1. The summed E-state index contributed by atoms with van der Waals surface area (Å²) in [5, 5.41) is 0. The van der Waals surface area contributed by atoms with E-state index in [1.807, 2.05) is 0 Å².